The minimum atomic E-state index is -0.400. The zero-order valence-corrected chi connectivity index (χ0v) is 13.0. The van der Waals surface area contributed by atoms with Crippen LogP contribution in [0.4, 0.5) is 21.6 Å². The van der Waals surface area contributed by atoms with Crippen molar-refractivity contribution in [3.63, 3.8) is 0 Å². The number of nitriles is 1. The van der Waals surface area contributed by atoms with Gasteiger partial charge in [-0.15, -0.1) is 0 Å². The van der Waals surface area contributed by atoms with Gasteiger partial charge in [0.15, 0.2) is 0 Å². The number of anilines is 3. The lowest BCUT2D eigenvalue weighted by molar-refractivity contribution is 0.102. The summed E-state index contributed by atoms with van der Waals surface area (Å²) in [6, 6.07) is 17.9. The molecule has 2 N–H and O–H groups in total. The molecule has 0 spiro atoms. The van der Waals surface area contributed by atoms with Crippen LogP contribution >= 0.6 is 0 Å². The second-order valence-corrected chi connectivity index (χ2v) is 5.18. The average Bonchev–Trinajstić information content (AvgIpc) is 2.64. The second-order valence-electron chi connectivity index (χ2n) is 5.18. The average molecular weight is 332 g/mol. The topological polar surface area (TPSA) is 77.8 Å². The number of pyridine rings is 1. The highest BCUT2D eigenvalue weighted by Gasteiger charge is 2.07. The fourth-order valence-electron chi connectivity index (χ4n) is 2.18. The summed E-state index contributed by atoms with van der Waals surface area (Å²) in [6.45, 7) is 0. The molecule has 3 rings (SSSR count). The first-order valence-corrected chi connectivity index (χ1v) is 7.45. The van der Waals surface area contributed by atoms with E-state index in [4.69, 9.17) is 5.26 Å². The molecule has 122 valence electrons. The van der Waals surface area contributed by atoms with Crippen LogP contribution in [0.2, 0.25) is 0 Å². The van der Waals surface area contributed by atoms with E-state index in [1.807, 2.05) is 6.07 Å². The number of carbonyl (C=O) groups is 1. The quantitative estimate of drug-likeness (QED) is 0.754. The van der Waals surface area contributed by atoms with E-state index in [0.29, 0.717) is 28.3 Å². The third-order valence-electron chi connectivity index (χ3n) is 3.44. The van der Waals surface area contributed by atoms with E-state index in [1.165, 1.54) is 24.3 Å². The first kappa shape index (κ1) is 16.1. The van der Waals surface area contributed by atoms with Crippen LogP contribution in [0, 0.1) is 17.1 Å². The van der Waals surface area contributed by atoms with Crippen LogP contribution in [0.5, 0.6) is 0 Å². The number of nitrogens with zero attached hydrogens (tertiary/aromatic N) is 2. The standard InChI is InChI=1S/C19H13FN4O/c20-15-7-5-13(6-8-15)19(25)24-18-10-9-16(12-22-18)23-17-4-2-1-3-14(17)11-21/h1-10,12,23H,(H,22,24,25). The molecule has 0 aliphatic carbocycles. The van der Waals surface area contributed by atoms with Crippen molar-refractivity contribution in [1.29, 1.82) is 5.26 Å². The van der Waals surface area contributed by atoms with Gasteiger partial charge in [0.2, 0.25) is 0 Å². The smallest absolute Gasteiger partial charge is 0.256 e. The van der Waals surface area contributed by atoms with Crippen molar-refractivity contribution in [1.82, 2.24) is 4.98 Å². The molecular weight excluding hydrogens is 319 g/mol. The summed E-state index contributed by atoms with van der Waals surface area (Å²) in [5, 5.41) is 14.8. The van der Waals surface area contributed by atoms with Crippen molar-refractivity contribution in [2.24, 2.45) is 0 Å². The SMILES string of the molecule is N#Cc1ccccc1Nc1ccc(NC(=O)c2ccc(F)cc2)nc1. The van der Waals surface area contributed by atoms with Gasteiger partial charge < -0.3 is 10.6 Å². The highest BCUT2D eigenvalue weighted by molar-refractivity contribution is 6.03. The highest BCUT2D eigenvalue weighted by Crippen LogP contribution is 2.20. The molecule has 5 nitrogen and oxygen atoms in total. The van der Waals surface area contributed by atoms with Gasteiger partial charge >= 0.3 is 0 Å². The molecular formula is C19H13FN4O. The summed E-state index contributed by atoms with van der Waals surface area (Å²) in [7, 11) is 0. The molecule has 0 saturated heterocycles. The Kier molecular flexibility index (Phi) is 4.67. The summed E-state index contributed by atoms with van der Waals surface area (Å²) in [6.07, 6.45) is 1.55. The number of halogens is 1. The molecule has 25 heavy (non-hydrogen) atoms. The Morgan fingerprint density at radius 3 is 2.48 bits per heavy atom. The van der Waals surface area contributed by atoms with Gasteiger partial charge in [0.25, 0.3) is 5.91 Å². The van der Waals surface area contributed by atoms with Crippen molar-refractivity contribution < 1.29 is 9.18 Å². The van der Waals surface area contributed by atoms with Gasteiger partial charge in [0.05, 0.1) is 23.1 Å². The van der Waals surface area contributed by atoms with Crippen molar-refractivity contribution in [2.75, 3.05) is 10.6 Å². The van der Waals surface area contributed by atoms with Gasteiger partial charge in [-0.05, 0) is 48.5 Å². The first-order valence-electron chi connectivity index (χ1n) is 7.45. The molecule has 0 radical (unpaired) electrons. The molecule has 1 heterocycles. The summed E-state index contributed by atoms with van der Waals surface area (Å²) in [5.74, 6) is -0.403. The fraction of sp³-hybridized carbons (Fsp3) is 0. The van der Waals surface area contributed by atoms with E-state index in [0.717, 1.165) is 0 Å². The Morgan fingerprint density at radius 1 is 1.04 bits per heavy atom. The van der Waals surface area contributed by atoms with Gasteiger partial charge in [0, 0.05) is 5.56 Å². The van der Waals surface area contributed by atoms with E-state index in [-0.39, 0.29) is 5.91 Å². The van der Waals surface area contributed by atoms with Crippen LogP contribution in [-0.2, 0) is 0 Å². The van der Waals surface area contributed by atoms with Crippen LogP contribution in [-0.4, -0.2) is 10.9 Å². The second kappa shape index (κ2) is 7.23. The molecule has 0 aliphatic rings. The van der Waals surface area contributed by atoms with Gasteiger partial charge in [-0.1, -0.05) is 12.1 Å². The van der Waals surface area contributed by atoms with Crippen molar-refractivity contribution in [3.8, 4) is 6.07 Å². The predicted octanol–water partition coefficient (Wildman–Crippen LogP) is 4.09. The molecule has 6 heteroatoms. The Balaban J connectivity index is 1.69. The normalized spacial score (nSPS) is 9.92. The minimum absolute atomic E-state index is 0.341. The monoisotopic (exact) mass is 332 g/mol. The van der Waals surface area contributed by atoms with Crippen LogP contribution in [0.1, 0.15) is 15.9 Å². The molecule has 2 aromatic carbocycles. The van der Waals surface area contributed by atoms with E-state index < -0.39 is 5.82 Å². The Labute approximate surface area is 143 Å². The van der Waals surface area contributed by atoms with Crippen molar-refractivity contribution in [3.05, 3.63) is 83.8 Å². The first-order chi connectivity index (χ1) is 12.2. The molecule has 0 aliphatic heterocycles. The number of para-hydroxylation sites is 1. The molecule has 0 bridgehead atoms. The maximum absolute atomic E-state index is 12.9. The third kappa shape index (κ3) is 3.98. The minimum Gasteiger partial charge on any atom is -0.353 e. The largest absolute Gasteiger partial charge is 0.353 e. The summed E-state index contributed by atoms with van der Waals surface area (Å²) >= 11 is 0. The van der Waals surface area contributed by atoms with Gasteiger partial charge in [-0.3, -0.25) is 4.79 Å². The predicted molar refractivity (Wildman–Crippen MR) is 93.0 cm³/mol. The summed E-state index contributed by atoms with van der Waals surface area (Å²) in [4.78, 5) is 16.2. The Hall–Kier alpha value is -3.72. The Morgan fingerprint density at radius 2 is 1.80 bits per heavy atom. The molecule has 0 saturated carbocycles. The highest BCUT2D eigenvalue weighted by atomic mass is 19.1. The maximum Gasteiger partial charge on any atom is 0.256 e. The van der Waals surface area contributed by atoms with Crippen molar-refractivity contribution >= 4 is 23.1 Å². The molecule has 1 amide bonds. The third-order valence-corrected chi connectivity index (χ3v) is 3.44. The number of benzene rings is 2. The molecule has 0 unspecified atom stereocenters. The van der Waals surface area contributed by atoms with E-state index in [1.54, 1.807) is 36.5 Å². The van der Waals surface area contributed by atoms with Crippen molar-refractivity contribution in [2.45, 2.75) is 0 Å². The van der Waals surface area contributed by atoms with Crippen LogP contribution < -0.4 is 10.6 Å². The molecule has 0 atom stereocenters. The van der Waals surface area contributed by atoms with E-state index in [2.05, 4.69) is 21.7 Å². The number of amides is 1. The van der Waals surface area contributed by atoms with E-state index >= 15 is 0 Å². The van der Waals surface area contributed by atoms with Crippen LogP contribution in [0.15, 0.2) is 66.9 Å². The van der Waals surface area contributed by atoms with Gasteiger partial charge in [0.1, 0.15) is 17.7 Å². The lowest BCUT2D eigenvalue weighted by Crippen LogP contribution is -2.12. The molecule has 0 fully saturated rings. The zero-order valence-electron chi connectivity index (χ0n) is 13.0. The number of hydrogen-bond donors (Lipinski definition) is 2. The summed E-state index contributed by atoms with van der Waals surface area (Å²) < 4.78 is 12.9. The van der Waals surface area contributed by atoms with Crippen LogP contribution in [0.25, 0.3) is 0 Å². The number of aromatic nitrogens is 1. The van der Waals surface area contributed by atoms with Gasteiger partial charge in [-0.25, -0.2) is 9.37 Å². The fourth-order valence-corrected chi connectivity index (χ4v) is 2.18. The van der Waals surface area contributed by atoms with E-state index in [9.17, 15) is 9.18 Å². The number of hydrogen-bond acceptors (Lipinski definition) is 4. The lowest BCUT2D eigenvalue weighted by atomic mass is 10.2. The molecule has 3 aromatic rings. The summed E-state index contributed by atoms with van der Waals surface area (Å²) in [5.41, 5.74) is 2.22. The number of rotatable bonds is 4. The van der Waals surface area contributed by atoms with Crippen LogP contribution in [0.3, 0.4) is 0 Å². The number of carbonyl (C=O) groups excluding carboxylic acids is 1. The zero-order chi connectivity index (χ0) is 17.6. The Bertz CT molecular complexity index is 931. The van der Waals surface area contributed by atoms with Gasteiger partial charge in [-0.2, -0.15) is 5.26 Å². The molecule has 1 aromatic heterocycles. The number of nitrogens with one attached hydrogen (secondary N) is 2. The maximum atomic E-state index is 12.9. The lowest BCUT2D eigenvalue weighted by Gasteiger charge is -2.09.